The molecular weight excluding hydrogens is 186 g/mol. The lowest BCUT2D eigenvalue weighted by molar-refractivity contribution is 0.586. The van der Waals surface area contributed by atoms with Crippen LogP contribution in [0.4, 0.5) is 0 Å². The molecule has 3 nitrogen and oxygen atoms in total. The maximum Gasteiger partial charge on any atom is 0.131 e. The third kappa shape index (κ3) is 2.99. The Balaban J connectivity index is 2.92. The molecule has 15 heavy (non-hydrogen) atoms. The van der Waals surface area contributed by atoms with Gasteiger partial charge in [-0.1, -0.05) is 20.8 Å². The van der Waals surface area contributed by atoms with Gasteiger partial charge in [-0.05, 0) is 20.4 Å². The summed E-state index contributed by atoms with van der Waals surface area (Å²) in [6.45, 7) is 11.5. The third-order valence-electron chi connectivity index (χ3n) is 2.53. The quantitative estimate of drug-likeness (QED) is 0.824. The van der Waals surface area contributed by atoms with Crippen molar-refractivity contribution in [3.63, 3.8) is 0 Å². The van der Waals surface area contributed by atoms with Gasteiger partial charge in [0.15, 0.2) is 0 Å². The Hall–Kier alpha value is -0.960. The van der Waals surface area contributed by atoms with E-state index in [9.17, 15) is 0 Å². The van der Waals surface area contributed by atoms with Gasteiger partial charge in [0.25, 0.3) is 0 Å². The number of aryl methyl sites for hydroxylation is 1. The van der Waals surface area contributed by atoms with Crippen LogP contribution in [0.3, 0.4) is 0 Å². The van der Waals surface area contributed by atoms with E-state index in [2.05, 4.69) is 49.9 Å². The van der Waals surface area contributed by atoms with Crippen LogP contribution >= 0.6 is 0 Å². The predicted molar refractivity (Wildman–Crippen MR) is 62.9 cm³/mol. The standard InChI is InChI=1S/C12H21N3/c1-6-13-9(4)11-7-14-12(8(2)3)15-10(11)5/h7-9,13H,6H2,1-5H3. The van der Waals surface area contributed by atoms with Crippen LogP contribution in [0.25, 0.3) is 0 Å². The van der Waals surface area contributed by atoms with E-state index in [0.717, 1.165) is 18.1 Å². The smallest absolute Gasteiger partial charge is 0.131 e. The van der Waals surface area contributed by atoms with Crippen molar-refractivity contribution in [2.24, 2.45) is 0 Å². The molecule has 0 amide bonds. The minimum absolute atomic E-state index is 0.330. The Bertz CT molecular complexity index is 321. The first-order chi connectivity index (χ1) is 7.06. The van der Waals surface area contributed by atoms with Crippen LogP contribution in [0, 0.1) is 6.92 Å². The van der Waals surface area contributed by atoms with Crippen LogP contribution in [-0.4, -0.2) is 16.5 Å². The van der Waals surface area contributed by atoms with E-state index in [-0.39, 0.29) is 0 Å². The summed E-state index contributed by atoms with van der Waals surface area (Å²) in [4.78, 5) is 8.92. The van der Waals surface area contributed by atoms with Gasteiger partial charge in [-0.3, -0.25) is 0 Å². The molecular formula is C12H21N3. The molecule has 84 valence electrons. The van der Waals surface area contributed by atoms with Crippen molar-refractivity contribution in [2.75, 3.05) is 6.54 Å². The van der Waals surface area contributed by atoms with Crippen molar-refractivity contribution in [1.82, 2.24) is 15.3 Å². The molecule has 0 saturated carbocycles. The number of rotatable bonds is 4. The van der Waals surface area contributed by atoms with E-state index in [0.29, 0.717) is 12.0 Å². The second-order valence-electron chi connectivity index (χ2n) is 4.20. The fourth-order valence-corrected chi connectivity index (χ4v) is 1.61. The summed E-state index contributed by atoms with van der Waals surface area (Å²) in [5.41, 5.74) is 2.28. The second-order valence-corrected chi connectivity index (χ2v) is 4.20. The zero-order valence-corrected chi connectivity index (χ0v) is 10.3. The summed E-state index contributed by atoms with van der Waals surface area (Å²) >= 11 is 0. The van der Waals surface area contributed by atoms with Crippen LogP contribution in [0.5, 0.6) is 0 Å². The molecule has 0 saturated heterocycles. The maximum absolute atomic E-state index is 4.52. The molecule has 1 unspecified atom stereocenters. The highest BCUT2D eigenvalue weighted by molar-refractivity contribution is 5.20. The molecule has 3 heteroatoms. The van der Waals surface area contributed by atoms with Crippen molar-refractivity contribution in [2.45, 2.75) is 46.6 Å². The van der Waals surface area contributed by atoms with E-state index >= 15 is 0 Å². The highest BCUT2D eigenvalue weighted by Crippen LogP contribution is 2.17. The van der Waals surface area contributed by atoms with E-state index < -0.39 is 0 Å². The summed E-state index contributed by atoms with van der Waals surface area (Å²) in [6.07, 6.45) is 1.95. The largest absolute Gasteiger partial charge is 0.310 e. The van der Waals surface area contributed by atoms with E-state index in [4.69, 9.17) is 0 Å². The zero-order chi connectivity index (χ0) is 11.4. The van der Waals surface area contributed by atoms with Crippen molar-refractivity contribution in [3.8, 4) is 0 Å². The Kier molecular flexibility index (Phi) is 4.21. The first-order valence-electron chi connectivity index (χ1n) is 5.63. The monoisotopic (exact) mass is 207 g/mol. The average molecular weight is 207 g/mol. The number of hydrogen-bond acceptors (Lipinski definition) is 3. The molecule has 1 rings (SSSR count). The van der Waals surface area contributed by atoms with Crippen LogP contribution in [0.15, 0.2) is 6.20 Å². The lowest BCUT2D eigenvalue weighted by Gasteiger charge is -2.15. The molecule has 0 radical (unpaired) electrons. The lowest BCUT2D eigenvalue weighted by Crippen LogP contribution is -2.19. The molecule has 0 aliphatic carbocycles. The molecule has 1 aromatic rings. The highest BCUT2D eigenvalue weighted by atomic mass is 14.9. The summed E-state index contributed by atoms with van der Waals surface area (Å²) in [5, 5.41) is 3.37. The summed E-state index contributed by atoms with van der Waals surface area (Å²) in [6, 6.07) is 0.330. The number of aromatic nitrogens is 2. The van der Waals surface area contributed by atoms with Crippen LogP contribution < -0.4 is 5.32 Å². The second kappa shape index (κ2) is 5.21. The van der Waals surface area contributed by atoms with Gasteiger partial charge in [-0.25, -0.2) is 9.97 Å². The molecule has 0 spiro atoms. The maximum atomic E-state index is 4.52. The molecule has 1 N–H and O–H groups in total. The molecule has 0 fully saturated rings. The fraction of sp³-hybridized carbons (Fsp3) is 0.667. The molecule has 0 bridgehead atoms. The van der Waals surface area contributed by atoms with Crippen LogP contribution in [0.1, 0.15) is 56.7 Å². The number of nitrogens with zero attached hydrogens (tertiary/aromatic N) is 2. The van der Waals surface area contributed by atoms with Gasteiger partial charge in [0.1, 0.15) is 5.82 Å². The Labute approximate surface area is 92.3 Å². The molecule has 0 aromatic carbocycles. The first-order valence-corrected chi connectivity index (χ1v) is 5.63. The highest BCUT2D eigenvalue weighted by Gasteiger charge is 2.10. The lowest BCUT2D eigenvalue weighted by atomic mass is 10.1. The fourth-order valence-electron chi connectivity index (χ4n) is 1.61. The molecule has 0 aliphatic rings. The van der Waals surface area contributed by atoms with Crippen LogP contribution in [0.2, 0.25) is 0 Å². The summed E-state index contributed by atoms with van der Waals surface area (Å²) < 4.78 is 0. The minimum atomic E-state index is 0.330. The van der Waals surface area contributed by atoms with Gasteiger partial charge in [0, 0.05) is 29.4 Å². The van der Waals surface area contributed by atoms with Crippen molar-refractivity contribution < 1.29 is 0 Å². The summed E-state index contributed by atoms with van der Waals surface area (Å²) in [7, 11) is 0. The molecule has 1 heterocycles. The number of hydrogen-bond donors (Lipinski definition) is 1. The van der Waals surface area contributed by atoms with Gasteiger partial charge in [-0.15, -0.1) is 0 Å². The normalized spacial score (nSPS) is 13.2. The Morgan fingerprint density at radius 1 is 1.33 bits per heavy atom. The topological polar surface area (TPSA) is 37.8 Å². The molecule has 1 atom stereocenters. The van der Waals surface area contributed by atoms with Gasteiger partial charge in [-0.2, -0.15) is 0 Å². The van der Waals surface area contributed by atoms with E-state index in [1.807, 2.05) is 6.20 Å². The van der Waals surface area contributed by atoms with E-state index in [1.54, 1.807) is 0 Å². The average Bonchev–Trinajstić information content (AvgIpc) is 2.17. The Morgan fingerprint density at radius 2 is 2.00 bits per heavy atom. The molecule has 0 aliphatic heterocycles. The van der Waals surface area contributed by atoms with Crippen molar-refractivity contribution >= 4 is 0 Å². The van der Waals surface area contributed by atoms with Crippen molar-refractivity contribution in [3.05, 3.63) is 23.3 Å². The summed E-state index contributed by atoms with van der Waals surface area (Å²) in [5.74, 6) is 1.33. The van der Waals surface area contributed by atoms with Gasteiger partial charge < -0.3 is 5.32 Å². The predicted octanol–water partition coefficient (Wildman–Crippen LogP) is 2.58. The Morgan fingerprint density at radius 3 is 2.47 bits per heavy atom. The van der Waals surface area contributed by atoms with Crippen molar-refractivity contribution in [1.29, 1.82) is 0 Å². The third-order valence-corrected chi connectivity index (χ3v) is 2.53. The van der Waals surface area contributed by atoms with Gasteiger partial charge >= 0.3 is 0 Å². The van der Waals surface area contributed by atoms with E-state index in [1.165, 1.54) is 5.56 Å². The zero-order valence-electron chi connectivity index (χ0n) is 10.3. The first kappa shape index (κ1) is 12.1. The van der Waals surface area contributed by atoms with Gasteiger partial charge in [0.2, 0.25) is 0 Å². The molecule has 1 aromatic heterocycles. The minimum Gasteiger partial charge on any atom is -0.310 e. The van der Waals surface area contributed by atoms with Crippen LogP contribution in [-0.2, 0) is 0 Å². The number of nitrogens with one attached hydrogen (secondary N) is 1. The SMILES string of the molecule is CCNC(C)c1cnc(C(C)C)nc1C. The van der Waals surface area contributed by atoms with Gasteiger partial charge in [0.05, 0.1) is 0 Å².